The molecule has 4 rings (SSSR count). The Morgan fingerprint density at radius 2 is 2.10 bits per heavy atom. The minimum absolute atomic E-state index is 0.117. The highest BCUT2D eigenvalue weighted by molar-refractivity contribution is 5.78. The number of benzene rings is 1. The molecule has 0 saturated carbocycles. The van der Waals surface area contributed by atoms with E-state index in [1.165, 1.54) is 0 Å². The maximum atomic E-state index is 11.0. The van der Waals surface area contributed by atoms with E-state index in [2.05, 4.69) is 25.5 Å². The van der Waals surface area contributed by atoms with Crippen molar-refractivity contribution in [2.45, 2.75) is 33.2 Å². The Labute approximate surface area is 181 Å². The van der Waals surface area contributed by atoms with Gasteiger partial charge >= 0.3 is 0 Å². The Balaban J connectivity index is 1.56. The largest absolute Gasteiger partial charge is 0.396 e. The van der Waals surface area contributed by atoms with Gasteiger partial charge in [-0.25, -0.2) is 9.97 Å². The first-order chi connectivity index (χ1) is 15.1. The molecule has 1 aliphatic heterocycles. The van der Waals surface area contributed by atoms with Crippen molar-refractivity contribution in [3.8, 4) is 0 Å². The first-order valence-electron chi connectivity index (χ1n) is 10.3. The number of hydrogen-bond donors (Lipinski definition) is 3. The van der Waals surface area contributed by atoms with Gasteiger partial charge in [0, 0.05) is 25.0 Å². The van der Waals surface area contributed by atoms with Gasteiger partial charge in [0.05, 0.1) is 35.5 Å². The molecule has 0 fully saturated rings. The molecule has 0 radical (unpaired) electrons. The summed E-state index contributed by atoms with van der Waals surface area (Å²) in [4.78, 5) is 26.9. The topological polar surface area (TPSA) is 103 Å². The molecule has 0 bridgehead atoms. The molecule has 0 saturated heterocycles. The van der Waals surface area contributed by atoms with Crippen LogP contribution >= 0.6 is 0 Å². The molecule has 1 aliphatic rings. The number of carbonyl (C=O) groups excluding carboxylic acids is 1. The van der Waals surface area contributed by atoms with Gasteiger partial charge in [0.25, 0.3) is 0 Å². The van der Waals surface area contributed by atoms with Gasteiger partial charge in [-0.2, -0.15) is 0 Å². The third-order valence-corrected chi connectivity index (χ3v) is 5.57. The minimum Gasteiger partial charge on any atom is -0.396 e. The Hall–Kier alpha value is -3.52. The van der Waals surface area contributed by atoms with Gasteiger partial charge < -0.3 is 20.6 Å². The molecule has 3 aromatic rings. The van der Waals surface area contributed by atoms with Gasteiger partial charge in [-0.3, -0.25) is 9.78 Å². The maximum absolute atomic E-state index is 11.0. The second-order valence-electron chi connectivity index (χ2n) is 7.63. The lowest BCUT2D eigenvalue weighted by Crippen LogP contribution is -2.32. The third kappa shape index (κ3) is 4.49. The SMILES string of the molecule is Cc1ncc(N2CCc3cnc(Nc4cccc(CCO)c4)nc3C2)c(C)c1NC=O. The number of anilines is 4. The van der Waals surface area contributed by atoms with Crippen LogP contribution in [0.25, 0.3) is 0 Å². The number of aromatic nitrogens is 3. The summed E-state index contributed by atoms with van der Waals surface area (Å²) in [5, 5.41) is 15.2. The molecule has 0 unspecified atom stereocenters. The van der Waals surface area contributed by atoms with Crippen molar-refractivity contribution in [3.05, 3.63) is 64.7 Å². The van der Waals surface area contributed by atoms with E-state index in [9.17, 15) is 4.79 Å². The lowest BCUT2D eigenvalue weighted by atomic mass is 10.0. The monoisotopic (exact) mass is 418 g/mol. The van der Waals surface area contributed by atoms with Crippen LogP contribution in [0.2, 0.25) is 0 Å². The van der Waals surface area contributed by atoms with Gasteiger partial charge in [0.1, 0.15) is 0 Å². The number of hydrogen-bond acceptors (Lipinski definition) is 7. The van der Waals surface area contributed by atoms with Gasteiger partial charge in [-0.05, 0) is 55.5 Å². The average Bonchev–Trinajstić information content (AvgIpc) is 2.77. The number of aliphatic hydroxyl groups is 1. The van der Waals surface area contributed by atoms with Crippen LogP contribution < -0.4 is 15.5 Å². The smallest absolute Gasteiger partial charge is 0.227 e. The highest BCUT2D eigenvalue weighted by Crippen LogP contribution is 2.31. The zero-order valence-corrected chi connectivity index (χ0v) is 17.7. The van der Waals surface area contributed by atoms with E-state index in [0.717, 1.165) is 58.1 Å². The van der Waals surface area contributed by atoms with Crippen LogP contribution in [0.1, 0.15) is 28.1 Å². The average molecular weight is 419 g/mol. The molecule has 8 heteroatoms. The number of rotatable bonds is 7. The molecule has 3 heterocycles. The highest BCUT2D eigenvalue weighted by atomic mass is 16.3. The van der Waals surface area contributed by atoms with Crippen molar-refractivity contribution < 1.29 is 9.90 Å². The van der Waals surface area contributed by atoms with Crippen LogP contribution in [0, 0.1) is 13.8 Å². The summed E-state index contributed by atoms with van der Waals surface area (Å²) in [6, 6.07) is 7.89. The van der Waals surface area contributed by atoms with E-state index >= 15 is 0 Å². The van der Waals surface area contributed by atoms with Gasteiger partial charge in [0.2, 0.25) is 12.4 Å². The zero-order valence-electron chi connectivity index (χ0n) is 17.7. The summed E-state index contributed by atoms with van der Waals surface area (Å²) in [6.45, 7) is 5.47. The number of fused-ring (bicyclic) bond motifs is 1. The number of nitrogens with zero attached hydrogens (tertiary/aromatic N) is 4. The number of carbonyl (C=O) groups is 1. The van der Waals surface area contributed by atoms with E-state index in [1.807, 2.05) is 50.5 Å². The highest BCUT2D eigenvalue weighted by Gasteiger charge is 2.22. The van der Waals surface area contributed by atoms with E-state index in [4.69, 9.17) is 10.1 Å². The number of aliphatic hydroxyl groups excluding tert-OH is 1. The predicted octanol–water partition coefficient (Wildman–Crippen LogP) is 2.90. The first-order valence-corrected chi connectivity index (χ1v) is 10.3. The van der Waals surface area contributed by atoms with Gasteiger partial charge in [0.15, 0.2) is 0 Å². The van der Waals surface area contributed by atoms with Crippen molar-refractivity contribution in [2.75, 3.05) is 28.7 Å². The normalized spacial score (nSPS) is 12.9. The van der Waals surface area contributed by atoms with E-state index in [1.54, 1.807) is 0 Å². The van der Waals surface area contributed by atoms with Crippen molar-refractivity contribution in [3.63, 3.8) is 0 Å². The molecule has 1 aromatic carbocycles. The Kier molecular flexibility index (Phi) is 6.08. The minimum atomic E-state index is 0.117. The second-order valence-corrected chi connectivity index (χ2v) is 7.63. The van der Waals surface area contributed by atoms with Crippen LogP contribution in [0.3, 0.4) is 0 Å². The Morgan fingerprint density at radius 3 is 2.90 bits per heavy atom. The summed E-state index contributed by atoms with van der Waals surface area (Å²) in [6.07, 6.45) is 5.89. The predicted molar refractivity (Wildman–Crippen MR) is 121 cm³/mol. The summed E-state index contributed by atoms with van der Waals surface area (Å²) < 4.78 is 0. The van der Waals surface area contributed by atoms with Crippen LogP contribution in [0.4, 0.5) is 23.0 Å². The Morgan fingerprint density at radius 1 is 1.23 bits per heavy atom. The molecule has 0 atom stereocenters. The molecule has 3 N–H and O–H groups in total. The second kappa shape index (κ2) is 9.09. The number of aryl methyl sites for hydroxylation is 1. The summed E-state index contributed by atoms with van der Waals surface area (Å²) in [5.41, 5.74) is 7.59. The van der Waals surface area contributed by atoms with E-state index < -0.39 is 0 Å². The van der Waals surface area contributed by atoms with Crippen molar-refractivity contribution in [2.24, 2.45) is 0 Å². The number of pyridine rings is 1. The fourth-order valence-corrected chi connectivity index (χ4v) is 3.94. The quantitative estimate of drug-likeness (QED) is 0.507. The van der Waals surface area contributed by atoms with Crippen molar-refractivity contribution in [1.82, 2.24) is 15.0 Å². The Bertz CT molecular complexity index is 1100. The fraction of sp³-hybridized carbons (Fsp3) is 0.304. The molecular weight excluding hydrogens is 392 g/mol. The molecule has 0 aliphatic carbocycles. The number of amides is 1. The lowest BCUT2D eigenvalue weighted by molar-refractivity contribution is -0.105. The third-order valence-electron chi connectivity index (χ3n) is 5.57. The van der Waals surface area contributed by atoms with Crippen LogP contribution in [-0.4, -0.2) is 39.6 Å². The van der Waals surface area contributed by atoms with Crippen LogP contribution in [0.15, 0.2) is 36.7 Å². The molecular formula is C23H26N6O2. The van der Waals surface area contributed by atoms with Gasteiger partial charge in [-0.1, -0.05) is 12.1 Å². The van der Waals surface area contributed by atoms with Crippen molar-refractivity contribution in [1.29, 1.82) is 0 Å². The molecule has 31 heavy (non-hydrogen) atoms. The van der Waals surface area contributed by atoms with E-state index in [0.29, 0.717) is 25.3 Å². The van der Waals surface area contributed by atoms with Crippen LogP contribution in [0.5, 0.6) is 0 Å². The maximum Gasteiger partial charge on any atom is 0.227 e. The molecule has 2 aromatic heterocycles. The lowest BCUT2D eigenvalue weighted by Gasteiger charge is -2.31. The summed E-state index contributed by atoms with van der Waals surface area (Å²) in [7, 11) is 0. The summed E-state index contributed by atoms with van der Waals surface area (Å²) in [5.74, 6) is 0.545. The van der Waals surface area contributed by atoms with Crippen molar-refractivity contribution >= 4 is 29.4 Å². The van der Waals surface area contributed by atoms with Crippen LogP contribution in [-0.2, 0) is 24.2 Å². The fourth-order valence-electron chi connectivity index (χ4n) is 3.94. The standard InChI is InChI=1S/C23H26N6O2/c1-15-21(12-24-16(2)22(15)26-14-31)29-8-6-18-11-25-23(28-20(18)13-29)27-19-5-3-4-17(10-19)7-9-30/h3-5,10-12,14,30H,6-9,13H2,1-2H3,(H,26,31)(H,25,27,28). The zero-order chi connectivity index (χ0) is 21.8. The first kappa shape index (κ1) is 20.7. The molecule has 160 valence electrons. The molecule has 8 nitrogen and oxygen atoms in total. The van der Waals surface area contributed by atoms with Gasteiger partial charge in [-0.15, -0.1) is 0 Å². The van der Waals surface area contributed by atoms with E-state index in [-0.39, 0.29) is 6.61 Å². The number of nitrogens with one attached hydrogen (secondary N) is 2. The molecule has 1 amide bonds. The summed E-state index contributed by atoms with van der Waals surface area (Å²) >= 11 is 0. The molecule has 0 spiro atoms.